The van der Waals surface area contributed by atoms with Crippen LogP contribution in [-0.4, -0.2) is 17.5 Å². The number of rotatable bonds is 5. The maximum Gasteiger partial charge on any atom is 0.262 e. The molecular weight excluding hydrogens is 399 g/mol. The molecule has 3 aromatic carbocycles. The number of fused-ring (bicyclic) bond motifs is 1. The van der Waals surface area contributed by atoms with Crippen molar-refractivity contribution in [1.82, 2.24) is 4.98 Å². The Bertz CT molecular complexity index is 1140. The molecule has 140 valence electrons. The molecule has 0 saturated heterocycles. The number of hydrogen-bond donors (Lipinski definition) is 1. The van der Waals surface area contributed by atoms with Crippen molar-refractivity contribution in [2.24, 2.45) is 0 Å². The van der Waals surface area contributed by atoms with E-state index in [0.29, 0.717) is 44.0 Å². The first-order valence-corrected chi connectivity index (χ1v) is 9.18. The standard InChI is InChI=1S/C21H14Cl2N2O3/c22-13-5-8-15(9-6-13)27-12-20(26)24-14-7-10-19-18(11-14)25-21(28-19)16-3-1-2-4-17(16)23/h1-11H,12H2,(H,24,26). The highest BCUT2D eigenvalue weighted by molar-refractivity contribution is 6.33. The van der Waals surface area contributed by atoms with E-state index in [1.807, 2.05) is 18.2 Å². The van der Waals surface area contributed by atoms with Gasteiger partial charge in [-0.25, -0.2) is 4.98 Å². The maximum atomic E-state index is 12.1. The molecule has 5 nitrogen and oxygen atoms in total. The van der Waals surface area contributed by atoms with E-state index in [1.54, 1.807) is 48.5 Å². The van der Waals surface area contributed by atoms with Crippen LogP contribution >= 0.6 is 23.2 Å². The van der Waals surface area contributed by atoms with Gasteiger partial charge in [0.1, 0.15) is 11.3 Å². The fourth-order valence-corrected chi connectivity index (χ4v) is 2.97. The summed E-state index contributed by atoms with van der Waals surface area (Å²) in [6, 6.07) is 19.3. The molecule has 1 N–H and O–H groups in total. The number of carbonyl (C=O) groups excluding carboxylic acids is 1. The second kappa shape index (κ2) is 7.92. The first kappa shape index (κ1) is 18.3. The van der Waals surface area contributed by atoms with Crippen molar-refractivity contribution < 1.29 is 13.9 Å². The fourth-order valence-electron chi connectivity index (χ4n) is 2.63. The Morgan fingerprint density at radius 2 is 1.82 bits per heavy atom. The minimum absolute atomic E-state index is 0.122. The first-order valence-electron chi connectivity index (χ1n) is 8.42. The second-order valence-corrected chi connectivity index (χ2v) is 6.82. The van der Waals surface area contributed by atoms with Gasteiger partial charge < -0.3 is 14.5 Å². The Balaban J connectivity index is 1.46. The smallest absolute Gasteiger partial charge is 0.262 e. The predicted octanol–water partition coefficient (Wildman–Crippen LogP) is 5.82. The summed E-state index contributed by atoms with van der Waals surface area (Å²) < 4.78 is 11.2. The number of benzene rings is 3. The van der Waals surface area contributed by atoms with Gasteiger partial charge in [-0.15, -0.1) is 0 Å². The lowest BCUT2D eigenvalue weighted by atomic mass is 10.2. The molecule has 1 amide bonds. The lowest BCUT2D eigenvalue weighted by molar-refractivity contribution is -0.118. The monoisotopic (exact) mass is 412 g/mol. The predicted molar refractivity (Wildman–Crippen MR) is 110 cm³/mol. The second-order valence-electron chi connectivity index (χ2n) is 5.97. The molecule has 28 heavy (non-hydrogen) atoms. The summed E-state index contributed by atoms with van der Waals surface area (Å²) >= 11 is 12.0. The highest BCUT2D eigenvalue weighted by Gasteiger charge is 2.12. The third kappa shape index (κ3) is 4.11. The molecule has 0 radical (unpaired) electrons. The van der Waals surface area contributed by atoms with Crippen LogP contribution in [0.25, 0.3) is 22.6 Å². The number of carbonyl (C=O) groups is 1. The molecule has 4 aromatic rings. The van der Waals surface area contributed by atoms with Crippen molar-refractivity contribution >= 4 is 45.9 Å². The van der Waals surface area contributed by atoms with E-state index < -0.39 is 0 Å². The van der Waals surface area contributed by atoms with Crippen LogP contribution in [0.4, 0.5) is 5.69 Å². The van der Waals surface area contributed by atoms with Gasteiger partial charge in [0.15, 0.2) is 12.2 Å². The number of nitrogens with one attached hydrogen (secondary N) is 1. The van der Waals surface area contributed by atoms with Crippen LogP contribution in [-0.2, 0) is 4.79 Å². The molecule has 0 spiro atoms. The summed E-state index contributed by atoms with van der Waals surface area (Å²) in [4.78, 5) is 16.6. The minimum atomic E-state index is -0.288. The Kier molecular flexibility index (Phi) is 5.19. The zero-order chi connectivity index (χ0) is 19.5. The summed E-state index contributed by atoms with van der Waals surface area (Å²) in [6.45, 7) is -0.122. The number of anilines is 1. The summed E-state index contributed by atoms with van der Waals surface area (Å²) in [7, 11) is 0. The molecule has 0 bridgehead atoms. The SMILES string of the molecule is O=C(COc1ccc(Cl)cc1)Nc1ccc2oc(-c3ccccc3Cl)nc2c1. The van der Waals surface area contributed by atoms with Crippen molar-refractivity contribution in [3.8, 4) is 17.2 Å². The van der Waals surface area contributed by atoms with Gasteiger partial charge in [-0.3, -0.25) is 4.79 Å². The van der Waals surface area contributed by atoms with Gasteiger partial charge in [0.25, 0.3) is 5.91 Å². The maximum absolute atomic E-state index is 12.1. The topological polar surface area (TPSA) is 64.4 Å². The van der Waals surface area contributed by atoms with Crippen LogP contribution in [0.2, 0.25) is 10.0 Å². The van der Waals surface area contributed by atoms with Crippen molar-refractivity contribution in [3.63, 3.8) is 0 Å². The summed E-state index contributed by atoms with van der Waals surface area (Å²) in [6.07, 6.45) is 0. The number of aromatic nitrogens is 1. The quantitative estimate of drug-likeness (QED) is 0.448. The zero-order valence-corrected chi connectivity index (χ0v) is 16.0. The molecule has 1 heterocycles. The summed E-state index contributed by atoms with van der Waals surface area (Å²) in [5.41, 5.74) is 2.52. The van der Waals surface area contributed by atoms with E-state index in [-0.39, 0.29) is 12.5 Å². The molecule has 0 aliphatic rings. The number of oxazole rings is 1. The number of ether oxygens (including phenoxy) is 1. The van der Waals surface area contributed by atoms with Gasteiger partial charge in [-0.05, 0) is 54.6 Å². The molecule has 1 aromatic heterocycles. The van der Waals surface area contributed by atoms with Crippen LogP contribution in [0.15, 0.2) is 71.1 Å². The average Bonchev–Trinajstić information content (AvgIpc) is 3.11. The van der Waals surface area contributed by atoms with E-state index in [4.69, 9.17) is 32.4 Å². The van der Waals surface area contributed by atoms with E-state index in [9.17, 15) is 4.79 Å². The van der Waals surface area contributed by atoms with Crippen molar-refractivity contribution in [3.05, 3.63) is 76.8 Å². The van der Waals surface area contributed by atoms with Gasteiger partial charge >= 0.3 is 0 Å². The highest BCUT2D eigenvalue weighted by atomic mass is 35.5. The Morgan fingerprint density at radius 1 is 1.04 bits per heavy atom. The molecular formula is C21H14Cl2N2O3. The first-order chi connectivity index (χ1) is 13.6. The van der Waals surface area contributed by atoms with Crippen molar-refractivity contribution in [2.45, 2.75) is 0 Å². The summed E-state index contributed by atoms with van der Waals surface area (Å²) in [5.74, 6) is 0.704. The average molecular weight is 413 g/mol. The van der Waals surface area contributed by atoms with Crippen molar-refractivity contribution in [2.75, 3.05) is 11.9 Å². The van der Waals surface area contributed by atoms with Gasteiger partial charge in [-0.2, -0.15) is 0 Å². The largest absolute Gasteiger partial charge is 0.484 e. The Hall–Kier alpha value is -3.02. The van der Waals surface area contributed by atoms with Gasteiger partial charge in [0, 0.05) is 10.7 Å². The molecule has 0 saturated carbocycles. The third-order valence-corrected chi connectivity index (χ3v) is 4.54. The van der Waals surface area contributed by atoms with Crippen molar-refractivity contribution in [1.29, 1.82) is 0 Å². The number of nitrogens with zero attached hydrogens (tertiary/aromatic N) is 1. The van der Waals surface area contributed by atoms with Crippen LogP contribution < -0.4 is 10.1 Å². The zero-order valence-electron chi connectivity index (χ0n) is 14.5. The molecule has 7 heteroatoms. The number of halogens is 2. The van der Waals surface area contributed by atoms with Gasteiger partial charge in [-0.1, -0.05) is 35.3 Å². The number of amides is 1. The van der Waals surface area contributed by atoms with Crippen LogP contribution in [0, 0.1) is 0 Å². The Morgan fingerprint density at radius 3 is 2.61 bits per heavy atom. The molecule has 4 rings (SSSR count). The van der Waals surface area contributed by atoms with Gasteiger partial charge in [0.2, 0.25) is 5.89 Å². The normalized spacial score (nSPS) is 10.8. The molecule has 0 aliphatic carbocycles. The van der Waals surface area contributed by atoms with Crippen LogP contribution in [0.3, 0.4) is 0 Å². The highest BCUT2D eigenvalue weighted by Crippen LogP contribution is 2.30. The lowest BCUT2D eigenvalue weighted by Gasteiger charge is -2.07. The van der Waals surface area contributed by atoms with E-state index in [1.165, 1.54) is 0 Å². The van der Waals surface area contributed by atoms with E-state index >= 15 is 0 Å². The summed E-state index contributed by atoms with van der Waals surface area (Å²) in [5, 5.41) is 3.94. The van der Waals surface area contributed by atoms with E-state index in [0.717, 1.165) is 0 Å². The molecule has 0 unspecified atom stereocenters. The minimum Gasteiger partial charge on any atom is -0.484 e. The van der Waals surface area contributed by atoms with E-state index in [2.05, 4.69) is 10.3 Å². The Labute approximate surface area is 170 Å². The van der Waals surface area contributed by atoms with Crippen LogP contribution in [0.5, 0.6) is 5.75 Å². The molecule has 0 fully saturated rings. The van der Waals surface area contributed by atoms with Gasteiger partial charge in [0.05, 0.1) is 10.6 Å². The third-order valence-electron chi connectivity index (χ3n) is 3.96. The fraction of sp³-hybridized carbons (Fsp3) is 0.0476. The number of hydrogen-bond acceptors (Lipinski definition) is 4. The van der Waals surface area contributed by atoms with Crippen LogP contribution in [0.1, 0.15) is 0 Å². The molecule has 0 atom stereocenters. The lowest BCUT2D eigenvalue weighted by Crippen LogP contribution is -2.20. The molecule has 0 aliphatic heterocycles.